The van der Waals surface area contributed by atoms with E-state index >= 15 is 0 Å². The van der Waals surface area contributed by atoms with Gasteiger partial charge in [0.25, 0.3) is 0 Å². The van der Waals surface area contributed by atoms with Crippen LogP contribution in [0.25, 0.3) is 0 Å². The summed E-state index contributed by atoms with van der Waals surface area (Å²) in [4.78, 5) is 6.60. The highest BCUT2D eigenvalue weighted by Crippen LogP contribution is 2.13. The molecule has 1 saturated heterocycles. The minimum Gasteiger partial charge on any atom is -0.316 e. The van der Waals surface area contributed by atoms with E-state index in [4.69, 9.17) is 0 Å². The fourth-order valence-corrected chi connectivity index (χ4v) is 2.50. The van der Waals surface area contributed by atoms with Gasteiger partial charge in [-0.3, -0.25) is 9.88 Å². The van der Waals surface area contributed by atoms with Crippen molar-refractivity contribution >= 4 is 0 Å². The van der Waals surface area contributed by atoms with Crippen molar-refractivity contribution < 1.29 is 0 Å². The molecule has 1 N–H and O–H groups in total. The van der Waals surface area contributed by atoms with E-state index in [0.717, 1.165) is 19.0 Å². The lowest BCUT2D eigenvalue weighted by Crippen LogP contribution is -2.38. The fourth-order valence-electron chi connectivity index (χ4n) is 2.50. The molecule has 1 aliphatic rings. The van der Waals surface area contributed by atoms with Crippen LogP contribution in [0, 0.1) is 5.92 Å². The molecule has 1 unspecified atom stereocenters. The predicted octanol–water partition coefficient (Wildman–Crippen LogP) is 1.90. The Balaban J connectivity index is 1.83. The monoisotopic (exact) mass is 233 g/mol. The third-order valence-corrected chi connectivity index (χ3v) is 3.52. The van der Waals surface area contributed by atoms with Crippen LogP contribution in [-0.4, -0.2) is 36.1 Å². The first-order chi connectivity index (χ1) is 8.38. The van der Waals surface area contributed by atoms with Crippen LogP contribution in [0.2, 0.25) is 0 Å². The summed E-state index contributed by atoms with van der Waals surface area (Å²) in [5, 5.41) is 3.49. The summed E-state index contributed by atoms with van der Waals surface area (Å²) >= 11 is 0. The summed E-state index contributed by atoms with van der Waals surface area (Å²) in [5.74, 6) is 0.825. The van der Waals surface area contributed by atoms with Crippen molar-refractivity contribution in [2.24, 2.45) is 5.92 Å². The van der Waals surface area contributed by atoms with Crippen LogP contribution >= 0.6 is 0 Å². The molecule has 0 radical (unpaired) electrons. The number of pyridine rings is 1. The average Bonchev–Trinajstić information content (AvgIpc) is 2.40. The largest absolute Gasteiger partial charge is 0.316 e. The molecule has 1 aromatic heterocycles. The molecule has 0 amide bonds. The molecule has 1 aliphatic heterocycles. The lowest BCUT2D eigenvalue weighted by molar-refractivity contribution is 0.209. The van der Waals surface area contributed by atoms with Gasteiger partial charge in [-0.25, -0.2) is 0 Å². The van der Waals surface area contributed by atoms with Gasteiger partial charge in [0.2, 0.25) is 0 Å². The first-order valence-electron chi connectivity index (χ1n) is 6.70. The molecular weight excluding hydrogens is 210 g/mol. The zero-order valence-corrected chi connectivity index (χ0v) is 10.7. The maximum atomic E-state index is 4.07. The lowest BCUT2D eigenvalue weighted by Gasteiger charge is -2.29. The van der Waals surface area contributed by atoms with Crippen LogP contribution in [0.4, 0.5) is 0 Å². The first-order valence-corrected chi connectivity index (χ1v) is 6.70. The minimum absolute atomic E-state index is 0.825. The average molecular weight is 233 g/mol. The van der Waals surface area contributed by atoms with E-state index in [0.29, 0.717) is 0 Å². The lowest BCUT2D eigenvalue weighted by atomic mass is 9.99. The van der Waals surface area contributed by atoms with Crippen molar-refractivity contribution in [1.82, 2.24) is 15.2 Å². The third-order valence-electron chi connectivity index (χ3n) is 3.52. The minimum atomic E-state index is 0.825. The molecule has 2 heterocycles. The van der Waals surface area contributed by atoms with E-state index in [2.05, 4.69) is 34.3 Å². The molecule has 0 aliphatic carbocycles. The second-order valence-corrected chi connectivity index (χ2v) is 4.90. The Morgan fingerprint density at radius 3 is 2.88 bits per heavy atom. The standard InChI is InChI=1S/C14H23N3/c1-2-17(11-13-5-8-15-9-6-13)12-14-4-3-7-16-10-14/h5-6,8-9,14,16H,2-4,7,10-12H2,1H3. The van der Waals surface area contributed by atoms with Crippen molar-refractivity contribution in [2.75, 3.05) is 26.2 Å². The van der Waals surface area contributed by atoms with Gasteiger partial charge in [0.05, 0.1) is 0 Å². The maximum Gasteiger partial charge on any atom is 0.0271 e. The Morgan fingerprint density at radius 1 is 1.41 bits per heavy atom. The summed E-state index contributed by atoms with van der Waals surface area (Å²) in [5.41, 5.74) is 1.37. The smallest absolute Gasteiger partial charge is 0.0271 e. The van der Waals surface area contributed by atoms with Crippen molar-refractivity contribution in [3.05, 3.63) is 30.1 Å². The molecule has 3 heteroatoms. The second kappa shape index (κ2) is 6.72. The number of hydrogen-bond acceptors (Lipinski definition) is 3. The Labute approximate surface area is 104 Å². The molecular formula is C14H23N3. The molecule has 0 spiro atoms. The third kappa shape index (κ3) is 4.10. The normalized spacial score (nSPS) is 20.7. The van der Waals surface area contributed by atoms with Crippen LogP contribution in [0.3, 0.4) is 0 Å². The molecule has 17 heavy (non-hydrogen) atoms. The summed E-state index contributed by atoms with van der Waals surface area (Å²) in [6.45, 7) is 8.03. The summed E-state index contributed by atoms with van der Waals surface area (Å²) < 4.78 is 0. The van der Waals surface area contributed by atoms with Gasteiger partial charge in [0, 0.05) is 25.5 Å². The molecule has 1 aromatic rings. The Hall–Kier alpha value is -0.930. The molecule has 0 saturated carbocycles. The van der Waals surface area contributed by atoms with E-state index in [1.54, 1.807) is 0 Å². The van der Waals surface area contributed by atoms with E-state index in [1.165, 1.54) is 38.0 Å². The van der Waals surface area contributed by atoms with Crippen molar-refractivity contribution in [3.8, 4) is 0 Å². The predicted molar refractivity (Wildman–Crippen MR) is 70.8 cm³/mol. The van der Waals surface area contributed by atoms with Crippen molar-refractivity contribution in [1.29, 1.82) is 0 Å². The van der Waals surface area contributed by atoms with Crippen LogP contribution in [0.1, 0.15) is 25.3 Å². The maximum absolute atomic E-state index is 4.07. The van der Waals surface area contributed by atoms with Crippen molar-refractivity contribution in [2.45, 2.75) is 26.3 Å². The van der Waals surface area contributed by atoms with Gasteiger partial charge in [-0.1, -0.05) is 6.92 Å². The molecule has 1 atom stereocenters. The van der Waals surface area contributed by atoms with Gasteiger partial charge >= 0.3 is 0 Å². The van der Waals surface area contributed by atoms with E-state index in [1.807, 2.05) is 12.4 Å². The Kier molecular flexibility index (Phi) is 4.95. The van der Waals surface area contributed by atoms with Gasteiger partial charge in [-0.2, -0.15) is 0 Å². The summed E-state index contributed by atoms with van der Waals surface area (Å²) in [6.07, 6.45) is 6.47. The molecule has 0 bridgehead atoms. The number of aromatic nitrogens is 1. The molecule has 1 fully saturated rings. The van der Waals surface area contributed by atoms with Gasteiger partial charge in [0.15, 0.2) is 0 Å². The quantitative estimate of drug-likeness (QED) is 0.842. The van der Waals surface area contributed by atoms with E-state index in [9.17, 15) is 0 Å². The Bertz CT molecular complexity index is 307. The van der Waals surface area contributed by atoms with Gasteiger partial charge in [-0.15, -0.1) is 0 Å². The summed E-state index contributed by atoms with van der Waals surface area (Å²) in [7, 11) is 0. The number of nitrogens with zero attached hydrogens (tertiary/aromatic N) is 2. The highest BCUT2D eigenvalue weighted by Gasteiger charge is 2.16. The zero-order valence-electron chi connectivity index (χ0n) is 10.7. The first kappa shape index (κ1) is 12.5. The van der Waals surface area contributed by atoms with Gasteiger partial charge < -0.3 is 5.32 Å². The van der Waals surface area contributed by atoms with E-state index < -0.39 is 0 Å². The highest BCUT2D eigenvalue weighted by molar-refractivity contribution is 5.09. The fraction of sp³-hybridized carbons (Fsp3) is 0.643. The van der Waals surface area contributed by atoms with Gasteiger partial charge in [-0.05, 0) is 56.1 Å². The van der Waals surface area contributed by atoms with Gasteiger partial charge in [0.1, 0.15) is 0 Å². The van der Waals surface area contributed by atoms with E-state index in [-0.39, 0.29) is 0 Å². The second-order valence-electron chi connectivity index (χ2n) is 4.90. The topological polar surface area (TPSA) is 28.2 Å². The molecule has 2 rings (SSSR count). The van der Waals surface area contributed by atoms with Crippen LogP contribution in [0.15, 0.2) is 24.5 Å². The van der Waals surface area contributed by atoms with Crippen LogP contribution in [0.5, 0.6) is 0 Å². The molecule has 3 nitrogen and oxygen atoms in total. The van der Waals surface area contributed by atoms with Crippen molar-refractivity contribution in [3.63, 3.8) is 0 Å². The Morgan fingerprint density at radius 2 is 2.24 bits per heavy atom. The molecule has 94 valence electrons. The number of nitrogens with one attached hydrogen (secondary N) is 1. The number of hydrogen-bond donors (Lipinski definition) is 1. The summed E-state index contributed by atoms with van der Waals surface area (Å²) in [6, 6.07) is 4.23. The highest BCUT2D eigenvalue weighted by atomic mass is 15.1. The van der Waals surface area contributed by atoms with Crippen LogP contribution < -0.4 is 5.32 Å². The number of piperidine rings is 1. The SMILES string of the molecule is CCN(Cc1ccncc1)CC1CCCNC1. The number of rotatable bonds is 5. The van der Waals surface area contributed by atoms with Crippen LogP contribution in [-0.2, 0) is 6.54 Å². The zero-order chi connectivity index (χ0) is 11.9. The molecule has 0 aromatic carbocycles.